The molecule has 3 N–H and O–H groups in total. The number of aliphatic hydroxyl groups excluding tert-OH is 1. The predicted octanol–water partition coefficient (Wildman–Crippen LogP) is 4.98. The first-order valence-corrected chi connectivity index (χ1v) is 15.3. The number of ether oxygens (including phenoxy) is 1. The molecule has 1 unspecified atom stereocenters. The van der Waals surface area contributed by atoms with Crippen molar-refractivity contribution >= 4 is 40.8 Å². The lowest BCUT2D eigenvalue weighted by atomic mass is 9.77. The van der Waals surface area contributed by atoms with Crippen molar-refractivity contribution in [3.05, 3.63) is 53.2 Å². The second-order valence-electron chi connectivity index (χ2n) is 11.8. The number of amides is 1. The van der Waals surface area contributed by atoms with E-state index in [1.807, 2.05) is 20.8 Å². The molecular weight excluding hydrogens is 589 g/mol. The minimum atomic E-state index is -0.516. The summed E-state index contributed by atoms with van der Waals surface area (Å²) in [7, 11) is 0. The number of aromatic nitrogens is 4. The Labute approximate surface area is 260 Å². The molecule has 0 bridgehead atoms. The number of benzene rings is 1. The summed E-state index contributed by atoms with van der Waals surface area (Å²) in [5.41, 5.74) is 0.972. The van der Waals surface area contributed by atoms with Crippen LogP contribution in [0.5, 0.6) is 0 Å². The van der Waals surface area contributed by atoms with Crippen LogP contribution in [0.1, 0.15) is 52.1 Å². The van der Waals surface area contributed by atoms with Crippen molar-refractivity contribution in [1.82, 2.24) is 25.1 Å². The second kappa shape index (κ2) is 13.9. The first-order valence-electron chi connectivity index (χ1n) is 14.9. The molecule has 1 saturated carbocycles. The summed E-state index contributed by atoms with van der Waals surface area (Å²) in [6.45, 7) is 7.25. The van der Waals surface area contributed by atoms with Crippen LogP contribution in [0.3, 0.4) is 0 Å². The van der Waals surface area contributed by atoms with E-state index < -0.39 is 12.4 Å². The van der Waals surface area contributed by atoms with Crippen molar-refractivity contribution in [1.29, 1.82) is 0 Å². The molecule has 13 heteroatoms. The predicted molar refractivity (Wildman–Crippen MR) is 164 cm³/mol. The fourth-order valence-corrected chi connectivity index (χ4v) is 5.52. The molecule has 234 valence electrons. The normalized spacial score (nSPS) is 19.7. The number of esters is 1. The Morgan fingerprint density at radius 1 is 1.07 bits per heavy atom. The third-order valence-electron chi connectivity index (χ3n) is 8.51. The molecule has 5 rings (SSSR count). The van der Waals surface area contributed by atoms with Gasteiger partial charge in [-0.25, -0.2) is 14.4 Å². The first kappa shape index (κ1) is 31.7. The summed E-state index contributed by atoms with van der Waals surface area (Å²) in [6.07, 6.45) is 4.25. The molecule has 2 fully saturated rings. The Bertz CT molecular complexity index is 1500. The topological polar surface area (TPSA) is 142 Å². The van der Waals surface area contributed by atoms with Crippen LogP contribution >= 0.6 is 11.6 Å². The largest absolute Gasteiger partial charge is 0.462 e. The van der Waals surface area contributed by atoms with Gasteiger partial charge in [-0.05, 0) is 75.9 Å². The summed E-state index contributed by atoms with van der Waals surface area (Å²) in [4.78, 5) is 36.2. The molecule has 11 nitrogen and oxygen atoms in total. The number of carbonyl (C=O) groups excluding carboxylic acids is 2. The number of nitrogens with one attached hydrogen (secondary N) is 2. The Balaban J connectivity index is 1.14. The monoisotopic (exact) mass is 625 g/mol. The molecule has 2 aliphatic rings. The Hall–Kier alpha value is -3.74. The Kier molecular flexibility index (Phi) is 10.0. The quantitative estimate of drug-likeness (QED) is 0.264. The van der Waals surface area contributed by atoms with Gasteiger partial charge in [0.15, 0.2) is 0 Å². The maximum Gasteiger partial charge on any atom is 0.309 e. The lowest BCUT2D eigenvalue weighted by Gasteiger charge is -2.44. The highest BCUT2D eigenvalue weighted by atomic mass is 35.5. The van der Waals surface area contributed by atoms with Crippen molar-refractivity contribution in [2.45, 2.75) is 65.2 Å². The van der Waals surface area contributed by atoms with Crippen molar-refractivity contribution in [2.24, 2.45) is 17.8 Å². The molecule has 2 aromatic heterocycles. The Morgan fingerprint density at radius 2 is 1.80 bits per heavy atom. The number of anilines is 3. The molecule has 0 spiro atoms. The zero-order chi connectivity index (χ0) is 31.4. The van der Waals surface area contributed by atoms with Gasteiger partial charge in [0.05, 0.1) is 23.9 Å². The summed E-state index contributed by atoms with van der Waals surface area (Å²) in [5, 5.41) is 24.1. The van der Waals surface area contributed by atoms with E-state index in [1.54, 1.807) is 12.1 Å². The van der Waals surface area contributed by atoms with Crippen molar-refractivity contribution in [3.8, 4) is 11.3 Å². The lowest BCUT2D eigenvalue weighted by molar-refractivity contribution is -0.157. The van der Waals surface area contributed by atoms with Gasteiger partial charge >= 0.3 is 5.97 Å². The van der Waals surface area contributed by atoms with Gasteiger partial charge in [0.25, 0.3) is 0 Å². The van der Waals surface area contributed by atoms with Gasteiger partial charge in [0, 0.05) is 28.6 Å². The molecular formula is C31H37ClFN7O4. The minimum Gasteiger partial charge on any atom is -0.462 e. The van der Waals surface area contributed by atoms with Crippen LogP contribution in [0.25, 0.3) is 11.3 Å². The average Bonchev–Trinajstić information content (AvgIpc) is 2.98. The number of halogens is 2. The number of likely N-dealkylation sites (tertiary alicyclic amines) is 1. The van der Waals surface area contributed by atoms with Crippen LogP contribution in [-0.4, -0.2) is 67.3 Å². The average molecular weight is 626 g/mol. The number of piperidine rings is 1. The van der Waals surface area contributed by atoms with Gasteiger partial charge in [0.2, 0.25) is 5.91 Å². The lowest BCUT2D eigenvalue weighted by Crippen LogP contribution is -2.51. The van der Waals surface area contributed by atoms with Crippen molar-refractivity contribution in [3.63, 3.8) is 0 Å². The van der Waals surface area contributed by atoms with Crippen LogP contribution in [0.4, 0.5) is 21.7 Å². The van der Waals surface area contributed by atoms with Crippen LogP contribution in [0, 0.1) is 23.6 Å². The number of hydrogen-bond donors (Lipinski definition) is 3. The van der Waals surface area contributed by atoms with Crippen LogP contribution in [0.15, 0.2) is 36.7 Å². The van der Waals surface area contributed by atoms with Gasteiger partial charge in [-0.3, -0.25) is 9.59 Å². The van der Waals surface area contributed by atoms with Crippen molar-refractivity contribution in [2.75, 3.05) is 23.7 Å². The molecule has 1 aromatic carbocycles. The molecule has 1 amide bonds. The van der Waals surface area contributed by atoms with Gasteiger partial charge in [-0.1, -0.05) is 25.4 Å². The van der Waals surface area contributed by atoms with Crippen LogP contribution in [0.2, 0.25) is 5.02 Å². The van der Waals surface area contributed by atoms with E-state index in [4.69, 9.17) is 16.3 Å². The van der Waals surface area contributed by atoms with E-state index in [2.05, 4.69) is 35.7 Å². The second-order valence-corrected chi connectivity index (χ2v) is 12.2. The SMILES string of the molecule is CC(C)C(C)OC(=O)C1CCN(C2CC(C(=O)Nc3cc(Nc4cc(-c5cc(Cl)ccc5F)nnc4CO)ncn3)C2)CC1. The third kappa shape index (κ3) is 7.48. The van der Waals surface area contributed by atoms with Gasteiger partial charge < -0.3 is 25.4 Å². The molecule has 0 radical (unpaired) electrons. The number of rotatable bonds is 10. The highest BCUT2D eigenvalue weighted by Crippen LogP contribution is 2.35. The molecule has 1 saturated heterocycles. The van der Waals surface area contributed by atoms with Gasteiger partial charge in [-0.2, -0.15) is 5.10 Å². The standard InChI is InChI=1S/C31H37ClFN7O4/c1-17(2)18(3)44-31(43)19-6-8-40(9-7-19)22-10-20(11-22)30(42)37-29-14-28(34-16-35-29)36-26-13-25(38-39-27(26)15-41)23-12-21(32)4-5-24(23)33/h4-5,12-14,16-20,22,41H,6-11,15H2,1-3H3,(H2,34,35,36,37,38,42). The minimum absolute atomic E-state index is 0.0619. The third-order valence-corrected chi connectivity index (χ3v) is 8.74. The number of carbonyl (C=O) groups is 2. The summed E-state index contributed by atoms with van der Waals surface area (Å²) in [5.74, 6) is 0.0185. The summed E-state index contributed by atoms with van der Waals surface area (Å²) < 4.78 is 20.0. The van der Waals surface area contributed by atoms with E-state index in [9.17, 15) is 19.1 Å². The van der Waals surface area contributed by atoms with E-state index in [-0.39, 0.29) is 46.8 Å². The van der Waals surface area contributed by atoms with Crippen LogP contribution < -0.4 is 10.6 Å². The van der Waals surface area contributed by atoms with E-state index >= 15 is 0 Å². The molecule has 44 heavy (non-hydrogen) atoms. The smallest absolute Gasteiger partial charge is 0.309 e. The van der Waals surface area contributed by atoms with E-state index in [1.165, 1.54) is 24.5 Å². The zero-order valence-corrected chi connectivity index (χ0v) is 25.7. The molecule has 1 atom stereocenters. The molecule has 3 heterocycles. The van der Waals surface area contributed by atoms with E-state index in [0.717, 1.165) is 38.8 Å². The van der Waals surface area contributed by atoms with Crippen molar-refractivity contribution < 1.29 is 23.8 Å². The van der Waals surface area contributed by atoms with E-state index in [0.29, 0.717) is 34.3 Å². The number of aliphatic hydroxyl groups is 1. The highest BCUT2D eigenvalue weighted by molar-refractivity contribution is 6.30. The summed E-state index contributed by atoms with van der Waals surface area (Å²) >= 11 is 6.04. The van der Waals surface area contributed by atoms with Crippen LogP contribution in [-0.2, 0) is 20.9 Å². The molecule has 3 aromatic rings. The first-order chi connectivity index (χ1) is 21.1. The maximum atomic E-state index is 14.4. The molecule has 1 aliphatic carbocycles. The number of hydrogen-bond acceptors (Lipinski definition) is 10. The Morgan fingerprint density at radius 3 is 2.50 bits per heavy atom. The van der Waals surface area contributed by atoms with Gasteiger partial charge in [0.1, 0.15) is 35.6 Å². The number of nitrogens with zero attached hydrogens (tertiary/aromatic N) is 5. The summed E-state index contributed by atoms with van der Waals surface area (Å²) in [6, 6.07) is 7.55. The fraction of sp³-hybridized carbons (Fsp3) is 0.484. The zero-order valence-electron chi connectivity index (χ0n) is 25.0. The van der Waals surface area contributed by atoms with Gasteiger partial charge in [-0.15, -0.1) is 5.10 Å². The highest BCUT2D eigenvalue weighted by Gasteiger charge is 2.40. The molecule has 1 aliphatic heterocycles. The fourth-order valence-electron chi connectivity index (χ4n) is 5.34. The maximum absolute atomic E-state index is 14.4.